The van der Waals surface area contributed by atoms with Crippen molar-refractivity contribution in [2.75, 3.05) is 36.8 Å². The van der Waals surface area contributed by atoms with Gasteiger partial charge in [-0.05, 0) is 119 Å². The summed E-state index contributed by atoms with van der Waals surface area (Å²) in [6.07, 6.45) is -1.73. The quantitative estimate of drug-likeness (QED) is 0.0718. The number of aromatic nitrogens is 6. The average Bonchev–Trinajstić information content (AvgIpc) is 3.35. The highest BCUT2D eigenvalue weighted by Gasteiger charge is 2.35. The van der Waals surface area contributed by atoms with Crippen LogP contribution in [-0.2, 0) is 16.0 Å². The number of aliphatic hydroxyl groups excluding tert-OH is 1. The number of nitrogens with one attached hydrogen (secondary N) is 3. The van der Waals surface area contributed by atoms with E-state index in [1.54, 1.807) is 70.2 Å². The Morgan fingerprint density at radius 1 is 0.746 bits per heavy atom. The van der Waals surface area contributed by atoms with Crippen molar-refractivity contribution in [3.63, 3.8) is 0 Å². The molecule has 4 heterocycles. The third kappa shape index (κ3) is 13.3. The molecule has 71 heavy (non-hydrogen) atoms. The molecule has 6 N–H and O–H groups in total. The monoisotopic (exact) mass is 968 g/mol. The molecule has 0 radical (unpaired) electrons. The van der Waals surface area contributed by atoms with Crippen LogP contribution < -0.4 is 25.4 Å². The molecule has 2 aromatic heterocycles. The Kier molecular flexibility index (Phi) is 16.1. The topological polar surface area (TPSA) is 260 Å². The van der Waals surface area contributed by atoms with Crippen molar-refractivity contribution in [2.45, 2.75) is 89.3 Å². The van der Waals surface area contributed by atoms with Gasteiger partial charge in [0.2, 0.25) is 11.9 Å². The van der Waals surface area contributed by atoms with Crippen molar-refractivity contribution in [3.05, 3.63) is 120 Å². The molecule has 2 fully saturated rings. The summed E-state index contributed by atoms with van der Waals surface area (Å²) in [6.45, 7) is 9.14. The Bertz CT molecular complexity index is 2920. The molecule has 8 rings (SSSR count). The Morgan fingerprint density at radius 3 is 1.68 bits per heavy atom. The van der Waals surface area contributed by atoms with Crippen LogP contribution in [0.4, 0.5) is 32.1 Å². The standard InChI is InChI=1S/C27H29FN6O4.C24H25FN6O2/c1-16(35)25(36)34-10-9-23(21(28)14-34)38-22-8-7-17(11-18(22)13-29)24-30-15-31-26(33-24)32-20-6-4-5-19(12-20)27(2,3)37;1-24(2,32)17-4-3-5-18(11-17)30-23-29-14-28-22(31-23)15-6-7-20(16(10-15)12-26)33-21-8-9-27-13-19(21)25/h4-8,11-12,15-16,21,23,35,37H,9-10,14H2,1-3H3,(H,30,31,32,33);3-7,10-11,14,19,21,27,32H,8-9,13H2,1-2H3,(H,28,29,30,31)/t16-,21+,23-;19-,21+/m01/s1. The Balaban J connectivity index is 0.000000211. The lowest BCUT2D eigenvalue weighted by atomic mass is 9.98. The van der Waals surface area contributed by atoms with Gasteiger partial charge in [0, 0.05) is 42.0 Å². The number of amides is 1. The second-order valence-corrected chi connectivity index (χ2v) is 18.0. The van der Waals surface area contributed by atoms with Gasteiger partial charge in [0.05, 0.1) is 28.9 Å². The minimum absolute atomic E-state index is 0.185. The zero-order valence-corrected chi connectivity index (χ0v) is 39.7. The van der Waals surface area contributed by atoms with Gasteiger partial charge in [-0.25, -0.2) is 28.7 Å². The average molecular weight is 969 g/mol. The number of piperidine rings is 2. The van der Waals surface area contributed by atoms with E-state index in [0.717, 1.165) is 16.8 Å². The summed E-state index contributed by atoms with van der Waals surface area (Å²) in [6, 6.07) is 28.6. The number of benzene rings is 4. The maximum absolute atomic E-state index is 14.8. The highest BCUT2D eigenvalue weighted by molar-refractivity contribution is 5.80. The van der Waals surface area contributed by atoms with Crippen molar-refractivity contribution in [2.24, 2.45) is 0 Å². The number of alkyl halides is 2. The van der Waals surface area contributed by atoms with Crippen LogP contribution >= 0.6 is 0 Å². The first-order valence-electron chi connectivity index (χ1n) is 22.8. The largest absolute Gasteiger partial charge is 0.486 e. The predicted octanol–water partition coefficient (Wildman–Crippen LogP) is 6.54. The zero-order chi connectivity index (χ0) is 50.9. The van der Waals surface area contributed by atoms with Crippen molar-refractivity contribution < 1.29 is 38.4 Å². The van der Waals surface area contributed by atoms with E-state index in [-0.39, 0.29) is 48.9 Å². The number of anilines is 4. The summed E-state index contributed by atoms with van der Waals surface area (Å²) in [5, 5.41) is 58.5. The van der Waals surface area contributed by atoms with Crippen LogP contribution in [0.5, 0.6) is 11.5 Å². The first kappa shape index (κ1) is 51.1. The van der Waals surface area contributed by atoms with Gasteiger partial charge in [-0.1, -0.05) is 24.3 Å². The third-order valence-corrected chi connectivity index (χ3v) is 11.6. The van der Waals surface area contributed by atoms with E-state index in [0.29, 0.717) is 53.1 Å². The number of hydrogen-bond acceptors (Lipinski definition) is 17. The number of aliphatic hydroxyl groups is 3. The van der Waals surface area contributed by atoms with E-state index >= 15 is 0 Å². The van der Waals surface area contributed by atoms with E-state index in [2.05, 4.69) is 58.0 Å². The van der Waals surface area contributed by atoms with Gasteiger partial charge in [-0.2, -0.15) is 20.5 Å². The molecule has 368 valence electrons. The SMILES string of the molecule is CC(C)(O)c1cccc(Nc2ncnc(-c3ccc(O[C@H]4CCNC[C@H]4F)c(C#N)c3)n2)c1.C[C@H](O)C(=O)N1CC[C@H](Oc2ccc(-c3ncnc(Nc4cccc(C(C)(C)O)c4)n3)cc2C#N)[C@H](F)C1. The van der Waals surface area contributed by atoms with Crippen molar-refractivity contribution in [1.82, 2.24) is 40.1 Å². The molecule has 6 aromatic rings. The van der Waals surface area contributed by atoms with E-state index in [9.17, 15) is 39.4 Å². The number of likely N-dealkylation sites (tertiary alicyclic amines) is 1. The second kappa shape index (κ2) is 22.3. The van der Waals surface area contributed by atoms with Crippen molar-refractivity contribution in [1.29, 1.82) is 10.5 Å². The van der Waals surface area contributed by atoms with Crippen LogP contribution in [0.2, 0.25) is 0 Å². The molecule has 0 unspecified atom stereocenters. The Morgan fingerprint density at radius 2 is 1.24 bits per heavy atom. The number of hydrogen-bond donors (Lipinski definition) is 6. The van der Waals surface area contributed by atoms with Crippen LogP contribution in [0, 0.1) is 22.7 Å². The Labute approximate surface area is 409 Å². The lowest BCUT2D eigenvalue weighted by Gasteiger charge is -2.35. The summed E-state index contributed by atoms with van der Waals surface area (Å²) in [7, 11) is 0. The fraction of sp³-hybridized carbons (Fsp3) is 0.353. The summed E-state index contributed by atoms with van der Waals surface area (Å²) in [5.41, 5.74) is 2.51. The van der Waals surface area contributed by atoms with E-state index in [4.69, 9.17) is 9.47 Å². The maximum atomic E-state index is 14.8. The molecule has 18 nitrogen and oxygen atoms in total. The number of ether oxygens (including phenoxy) is 2. The highest BCUT2D eigenvalue weighted by atomic mass is 19.1. The third-order valence-electron chi connectivity index (χ3n) is 11.6. The summed E-state index contributed by atoms with van der Waals surface area (Å²) < 4.78 is 40.5. The smallest absolute Gasteiger partial charge is 0.251 e. The molecule has 1 amide bonds. The van der Waals surface area contributed by atoms with Crippen LogP contribution in [0.15, 0.2) is 97.6 Å². The first-order valence-corrected chi connectivity index (χ1v) is 22.8. The van der Waals surface area contributed by atoms with Gasteiger partial charge in [0.15, 0.2) is 17.8 Å². The zero-order valence-electron chi connectivity index (χ0n) is 39.7. The minimum atomic E-state index is -1.47. The van der Waals surface area contributed by atoms with Gasteiger partial charge >= 0.3 is 0 Å². The molecule has 0 aliphatic carbocycles. The molecular weight excluding hydrogens is 915 g/mol. The van der Waals surface area contributed by atoms with Crippen LogP contribution in [0.1, 0.15) is 69.7 Å². The predicted molar refractivity (Wildman–Crippen MR) is 259 cm³/mol. The summed E-state index contributed by atoms with van der Waals surface area (Å²) >= 11 is 0. The van der Waals surface area contributed by atoms with Crippen LogP contribution in [0.3, 0.4) is 0 Å². The van der Waals surface area contributed by atoms with Gasteiger partial charge in [-0.3, -0.25) is 4.79 Å². The number of nitrogens with zero attached hydrogens (tertiary/aromatic N) is 9. The number of carbonyl (C=O) groups is 1. The molecule has 0 saturated carbocycles. The fourth-order valence-corrected chi connectivity index (χ4v) is 7.66. The van der Waals surface area contributed by atoms with Crippen LogP contribution in [0.25, 0.3) is 22.8 Å². The lowest BCUT2D eigenvalue weighted by Crippen LogP contribution is -2.51. The molecule has 0 spiro atoms. The molecular formula is C51H54F2N12O6. The van der Waals surface area contributed by atoms with Crippen molar-refractivity contribution in [3.8, 4) is 46.4 Å². The summed E-state index contributed by atoms with van der Waals surface area (Å²) in [5.74, 6) is 1.32. The van der Waals surface area contributed by atoms with Gasteiger partial charge in [-0.15, -0.1) is 0 Å². The van der Waals surface area contributed by atoms with Gasteiger partial charge < -0.3 is 45.6 Å². The summed E-state index contributed by atoms with van der Waals surface area (Å²) in [4.78, 5) is 38.9. The maximum Gasteiger partial charge on any atom is 0.251 e. The second-order valence-electron chi connectivity index (χ2n) is 18.0. The fourth-order valence-electron chi connectivity index (χ4n) is 7.66. The molecule has 2 aliphatic rings. The molecule has 0 bridgehead atoms. The molecule has 5 atom stereocenters. The lowest BCUT2D eigenvalue weighted by molar-refractivity contribution is -0.143. The Hall–Kier alpha value is -7.75. The van der Waals surface area contributed by atoms with E-state index in [1.165, 1.54) is 24.5 Å². The van der Waals surface area contributed by atoms with Crippen molar-refractivity contribution >= 4 is 29.2 Å². The highest BCUT2D eigenvalue weighted by Crippen LogP contribution is 2.31. The molecule has 4 aromatic carbocycles. The molecule has 2 aliphatic heterocycles. The van der Waals surface area contributed by atoms with E-state index < -0.39 is 47.8 Å². The van der Waals surface area contributed by atoms with Gasteiger partial charge in [0.25, 0.3) is 5.91 Å². The molecule has 2 saturated heterocycles. The van der Waals surface area contributed by atoms with Gasteiger partial charge in [0.1, 0.15) is 60.8 Å². The van der Waals surface area contributed by atoms with Crippen LogP contribution in [-0.4, -0.2) is 113 Å². The number of halogens is 2. The number of carbonyl (C=O) groups excluding carboxylic acids is 1. The number of rotatable bonds is 13. The minimum Gasteiger partial charge on any atom is -0.486 e. The normalized spacial score (nSPS) is 18.4. The first-order chi connectivity index (χ1) is 33.9. The molecule has 20 heteroatoms. The van der Waals surface area contributed by atoms with E-state index in [1.807, 2.05) is 42.5 Å². The number of nitriles is 2.